The van der Waals surface area contributed by atoms with Gasteiger partial charge in [-0.3, -0.25) is 4.79 Å². The standard InChI is InChI=1S/C17H24N2O.C2H6/c1-18-15-12-11-13-7-5-6-10-16(13)19(17(15)20)14-8-3-2-4-9-14;1-2/h5-7,10,14-15,18H,2-4,8-9,11-12H2,1H3;1-2H3. The quantitative estimate of drug-likeness (QED) is 0.898. The molecule has 1 fully saturated rings. The fourth-order valence-corrected chi connectivity index (χ4v) is 3.65. The molecule has 1 unspecified atom stereocenters. The van der Waals surface area contributed by atoms with Crippen molar-refractivity contribution in [2.45, 2.75) is 70.9 Å². The third-order valence-electron chi connectivity index (χ3n) is 4.78. The number of para-hydroxylation sites is 1. The van der Waals surface area contributed by atoms with E-state index in [1.165, 1.54) is 24.8 Å². The van der Waals surface area contributed by atoms with Gasteiger partial charge in [-0.05, 0) is 44.4 Å². The summed E-state index contributed by atoms with van der Waals surface area (Å²) >= 11 is 0. The summed E-state index contributed by atoms with van der Waals surface area (Å²) < 4.78 is 0. The number of hydrogen-bond acceptors (Lipinski definition) is 2. The van der Waals surface area contributed by atoms with E-state index in [4.69, 9.17) is 0 Å². The number of rotatable bonds is 2. The van der Waals surface area contributed by atoms with Crippen LogP contribution in [0.2, 0.25) is 0 Å². The third-order valence-corrected chi connectivity index (χ3v) is 4.78. The molecule has 122 valence electrons. The molecule has 1 aromatic carbocycles. The maximum absolute atomic E-state index is 12.9. The van der Waals surface area contributed by atoms with Crippen molar-refractivity contribution in [2.75, 3.05) is 11.9 Å². The summed E-state index contributed by atoms with van der Waals surface area (Å²) in [6.45, 7) is 4.00. The van der Waals surface area contributed by atoms with Crippen molar-refractivity contribution < 1.29 is 4.79 Å². The maximum Gasteiger partial charge on any atom is 0.244 e. The Hall–Kier alpha value is -1.35. The van der Waals surface area contributed by atoms with Gasteiger partial charge in [0.1, 0.15) is 0 Å². The first-order chi connectivity index (χ1) is 10.8. The summed E-state index contributed by atoms with van der Waals surface area (Å²) in [5.41, 5.74) is 2.48. The Morgan fingerprint density at radius 1 is 1.05 bits per heavy atom. The highest BCUT2D eigenvalue weighted by molar-refractivity contribution is 5.99. The number of benzene rings is 1. The van der Waals surface area contributed by atoms with E-state index >= 15 is 0 Å². The van der Waals surface area contributed by atoms with Crippen molar-refractivity contribution >= 4 is 11.6 Å². The number of carbonyl (C=O) groups is 1. The fraction of sp³-hybridized carbons (Fsp3) is 0.632. The van der Waals surface area contributed by atoms with Crippen molar-refractivity contribution in [1.82, 2.24) is 5.32 Å². The van der Waals surface area contributed by atoms with Gasteiger partial charge in [0.05, 0.1) is 6.04 Å². The predicted molar refractivity (Wildman–Crippen MR) is 93.3 cm³/mol. The van der Waals surface area contributed by atoms with Crippen LogP contribution in [0.1, 0.15) is 57.9 Å². The number of nitrogens with one attached hydrogen (secondary N) is 1. The summed E-state index contributed by atoms with van der Waals surface area (Å²) in [5.74, 6) is 0.268. The lowest BCUT2D eigenvalue weighted by atomic mass is 9.93. The first-order valence-electron chi connectivity index (χ1n) is 8.89. The minimum Gasteiger partial charge on any atom is -0.309 e. The van der Waals surface area contributed by atoms with Crippen LogP contribution in [0, 0.1) is 0 Å². The number of fused-ring (bicyclic) bond motifs is 1. The van der Waals surface area contributed by atoms with Crippen LogP contribution in [-0.4, -0.2) is 25.0 Å². The maximum atomic E-state index is 12.9. The molecule has 0 spiro atoms. The number of anilines is 1. The molecule has 0 aromatic heterocycles. The van der Waals surface area contributed by atoms with E-state index in [0.29, 0.717) is 6.04 Å². The second-order valence-electron chi connectivity index (χ2n) is 6.01. The molecule has 0 saturated heterocycles. The van der Waals surface area contributed by atoms with Gasteiger partial charge in [-0.1, -0.05) is 51.3 Å². The van der Waals surface area contributed by atoms with Gasteiger partial charge >= 0.3 is 0 Å². The summed E-state index contributed by atoms with van der Waals surface area (Å²) in [6, 6.07) is 8.80. The number of nitrogens with zero attached hydrogens (tertiary/aromatic N) is 1. The lowest BCUT2D eigenvalue weighted by molar-refractivity contribution is -0.121. The molecular formula is C19H30N2O. The summed E-state index contributed by atoms with van der Waals surface area (Å²) in [5, 5.41) is 3.21. The zero-order chi connectivity index (χ0) is 15.9. The molecule has 1 amide bonds. The average Bonchev–Trinajstić information content (AvgIpc) is 2.73. The van der Waals surface area contributed by atoms with Gasteiger partial charge in [-0.2, -0.15) is 0 Å². The largest absolute Gasteiger partial charge is 0.309 e. The molecule has 3 nitrogen and oxygen atoms in total. The van der Waals surface area contributed by atoms with Gasteiger partial charge in [0, 0.05) is 11.7 Å². The Kier molecular flexibility index (Phi) is 6.44. The van der Waals surface area contributed by atoms with Crippen molar-refractivity contribution in [3.63, 3.8) is 0 Å². The van der Waals surface area contributed by atoms with E-state index in [1.807, 2.05) is 20.9 Å². The number of amides is 1. The zero-order valence-corrected chi connectivity index (χ0v) is 14.3. The molecule has 1 aliphatic heterocycles. The first kappa shape index (κ1) is 17.0. The smallest absolute Gasteiger partial charge is 0.244 e. The second kappa shape index (κ2) is 8.33. The summed E-state index contributed by atoms with van der Waals surface area (Å²) in [4.78, 5) is 15.0. The predicted octanol–water partition coefficient (Wildman–Crippen LogP) is 3.91. The zero-order valence-electron chi connectivity index (χ0n) is 14.3. The van der Waals surface area contributed by atoms with Crippen LogP contribution in [0.3, 0.4) is 0 Å². The van der Waals surface area contributed by atoms with E-state index in [9.17, 15) is 4.79 Å². The highest BCUT2D eigenvalue weighted by atomic mass is 16.2. The number of carbonyl (C=O) groups excluding carboxylic acids is 1. The first-order valence-corrected chi connectivity index (χ1v) is 8.89. The van der Waals surface area contributed by atoms with E-state index < -0.39 is 0 Å². The minimum absolute atomic E-state index is 0.0377. The normalized spacial score (nSPS) is 22.4. The molecule has 1 saturated carbocycles. The van der Waals surface area contributed by atoms with Crippen LogP contribution in [-0.2, 0) is 11.2 Å². The Morgan fingerprint density at radius 2 is 1.73 bits per heavy atom. The highest BCUT2D eigenvalue weighted by Crippen LogP contribution is 2.33. The molecule has 0 bridgehead atoms. The highest BCUT2D eigenvalue weighted by Gasteiger charge is 2.34. The van der Waals surface area contributed by atoms with Crippen molar-refractivity contribution in [2.24, 2.45) is 0 Å². The van der Waals surface area contributed by atoms with E-state index in [0.717, 1.165) is 31.4 Å². The van der Waals surface area contributed by atoms with Gasteiger partial charge in [0.25, 0.3) is 0 Å². The monoisotopic (exact) mass is 302 g/mol. The molecule has 2 aliphatic rings. The molecule has 1 heterocycles. The van der Waals surface area contributed by atoms with Crippen LogP contribution in [0.25, 0.3) is 0 Å². The van der Waals surface area contributed by atoms with Gasteiger partial charge in [0.2, 0.25) is 5.91 Å². The van der Waals surface area contributed by atoms with Crippen LogP contribution < -0.4 is 10.2 Å². The molecule has 3 rings (SSSR count). The number of hydrogen-bond donors (Lipinski definition) is 1. The van der Waals surface area contributed by atoms with E-state index in [1.54, 1.807) is 0 Å². The third kappa shape index (κ3) is 3.52. The Balaban J connectivity index is 0.000000847. The molecule has 1 aromatic rings. The molecule has 0 radical (unpaired) electrons. The topological polar surface area (TPSA) is 32.3 Å². The number of likely N-dealkylation sites (N-methyl/N-ethyl adjacent to an activating group) is 1. The molecule has 3 heteroatoms. The van der Waals surface area contributed by atoms with Crippen molar-refractivity contribution in [3.8, 4) is 0 Å². The van der Waals surface area contributed by atoms with Crippen molar-refractivity contribution in [1.29, 1.82) is 0 Å². The van der Waals surface area contributed by atoms with Crippen LogP contribution in [0.4, 0.5) is 5.69 Å². The van der Waals surface area contributed by atoms with Gasteiger partial charge in [0.15, 0.2) is 0 Å². The summed E-state index contributed by atoms with van der Waals surface area (Å²) in [6.07, 6.45) is 8.00. The molecular weight excluding hydrogens is 272 g/mol. The second-order valence-corrected chi connectivity index (χ2v) is 6.01. The fourth-order valence-electron chi connectivity index (χ4n) is 3.65. The molecule has 1 N–H and O–H groups in total. The van der Waals surface area contributed by atoms with E-state index in [-0.39, 0.29) is 11.9 Å². The van der Waals surface area contributed by atoms with Crippen LogP contribution in [0.15, 0.2) is 24.3 Å². The van der Waals surface area contributed by atoms with Crippen LogP contribution >= 0.6 is 0 Å². The van der Waals surface area contributed by atoms with Crippen molar-refractivity contribution in [3.05, 3.63) is 29.8 Å². The molecule has 1 aliphatic carbocycles. The van der Waals surface area contributed by atoms with Gasteiger partial charge < -0.3 is 10.2 Å². The minimum atomic E-state index is -0.0377. The molecule has 22 heavy (non-hydrogen) atoms. The average molecular weight is 302 g/mol. The van der Waals surface area contributed by atoms with Gasteiger partial charge in [-0.15, -0.1) is 0 Å². The van der Waals surface area contributed by atoms with E-state index in [2.05, 4.69) is 34.5 Å². The molecule has 1 atom stereocenters. The lowest BCUT2D eigenvalue weighted by Gasteiger charge is -2.36. The lowest BCUT2D eigenvalue weighted by Crippen LogP contribution is -2.49. The SMILES string of the molecule is CC.CNC1CCc2ccccc2N(C2CCCCC2)C1=O. The van der Waals surface area contributed by atoms with Crippen LogP contribution in [0.5, 0.6) is 0 Å². The van der Waals surface area contributed by atoms with Gasteiger partial charge in [-0.25, -0.2) is 0 Å². The number of aryl methyl sites for hydroxylation is 1. The Bertz CT molecular complexity index is 480. The Morgan fingerprint density at radius 3 is 2.41 bits per heavy atom. The Labute approximate surface area is 135 Å². The summed E-state index contributed by atoms with van der Waals surface area (Å²) in [7, 11) is 1.90.